The van der Waals surface area contributed by atoms with Gasteiger partial charge in [-0.05, 0) is 68.1 Å². The number of likely N-dealkylation sites (tertiary alicyclic amines) is 1. The predicted molar refractivity (Wildman–Crippen MR) is 142 cm³/mol. The number of halogens is 4. The van der Waals surface area contributed by atoms with Gasteiger partial charge in [0.25, 0.3) is 5.91 Å². The van der Waals surface area contributed by atoms with Gasteiger partial charge in [-0.25, -0.2) is 9.07 Å². The molecule has 0 radical (unpaired) electrons. The summed E-state index contributed by atoms with van der Waals surface area (Å²) in [5, 5.41) is 15.3. The summed E-state index contributed by atoms with van der Waals surface area (Å²) in [4.78, 5) is 15.1. The molecule has 1 aliphatic heterocycles. The molecule has 4 aromatic rings. The summed E-state index contributed by atoms with van der Waals surface area (Å²) < 4.78 is 57.8. The second kappa shape index (κ2) is 10.8. The molecule has 210 valence electrons. The first kappa shape index (κ1) is 27.5. The fourth-order valence-electron chi connectivity index (χ4n) is 4.79. The van der Waals surface area contributed by atoms with E-state index in [1.165, 1.54) is 6.07 Å². The van der Waals surface area contributed by atoms with Crippen LogP contribution >= 0.6 is 0 Å². The van der Waals surface area contributed by atoms with Gasteiger partial charge in [-0.1, -0.05) is 11.3 Å². The third-order valence-corrected chi connectivity index (χ3v) is 7.22. The van der Waals surface area contributed by atoms with E-state index in [0.717, 1.165) is 29.0 Å². The Morgan fingerprint density at radius 2 is 1.85 bits per heavy atom. The van der Waals surface area contributed by atoms with Gasteiger partial charge in [-0.15, -0.1) is 5.10 Å². The zero-order valence-electron chi connectivity index (χ0n) is 22.3. The highest BCUT2D eigenvalue weighted by Gasteiger charge is 2.32. The normalized spacial score (nSPS) is 15.0. The Bertz CT molecular complexity index is 1530. The SMILES string of the molecule is Cc1ccc(C(=O)Nc2cc(CN3CCC(F)CC3)cc(C(F)(F)F)c2)cc1-n1cc(-c2cnn(C)c2C)nn1. The molecule has 1 aliphatic rings. The van der Waals surface area contributed by atoms with Crippen LogP contribution in [0.1, 0.15) is 45.6 Å². The fraction of sp³-hybridized carbons (Fsp3) is 0.357. The molecule has 8 nitrogen and oxygen atoms in total. The number of benzene rings is 2. The Labute approximate surface area is 228 Å². The standard InChI is InChI=1S/C28H29F4N7O/c1-17-4-5-20(12-26(17)39-16-25(35-36-39)24-14-33-37(3)18(24)2)27(40)34-23-11-19(10-21(13-23)28(30,31)32)15-38-8-6-22(29)7-9-38/h4-5,10-14,16,22H,6-9,15H2,1-3H3,(H,34,40). The lowest BCUT2D eigenvalue weighted by Crippen LogP contribution is -2.33. The van der Waals surface area contributed by atoms with Crippen LogP contribution in [-0.4, -0.2) is 54.8 Å². The number of piperidine rings is 1. The van der Waals surface area contributed by atoms with Gasteiger partial charge >= 0.3 is 6.18 Å². The maximum atomic E-state index is 13.7. The van der Waals surface area contributed by atoms with E-state index in [4.69, 9.17) is 0 Å². The summed E-state index contributed by atoms with van der Waals surface area (Å²) in [5.41, 5.74) is 3.62. The van der Waals surface area contributed by atoms with Gasteiger partial charge in [0, 0.05) is 49.2 Å². The second-order valence-corrected chi connectivity index (χ2v) is 10.1. The Hall–Kier alpha value is -4.06. The van der Waals surface area contributed by atoms with Crippen LogP contribution in [-0.2, 0) is 19.8 Å². The monoisotopic (exact) mass is 555 g/mol. The van der Waals surface area contributed by atoms with Crippen LogP contribution in [0, 0.1) is 13.8 Å². The zero-order chi connectivity index (χ0) is 28.6. The first-order valence-corrected chi connectivity index (χ1v) is 12.9. The number of nitrogens with zero attached hydrogens (tertiary/aromatic N) is 6. The summed E-state index contributed by atoms with van der Waals surface area (Å²) >= 11 is 0. The Morgan fingerprint density at radius 3 is 2.52 bits per heavy atom. The first-order chi connectivity index (χ1) is 19.0. The number of aromatic nitrogens is 5. The van der Waals surface area contributed by atoms with E-state index < -0.39 is 23.8 Å². The number of carbonyl (C=O) groups excluding carboxylic acids is 1. The molecule has 0 spiro atoms. The fourth-order valence-corrected chi connectivity index (χ4v) is 4.79. The lowest BCUT2D eigenvalue weighted by Gasteiger charge is -2.28. The van der Waals surface area contributed by atoms with Crippen LogP contribution in [0.2, 0.25) is 0 Å². The smallest absolute Gasteiger partial charge is 0.322 e. The van der Waals surface area contributed by atoms with Crippen molar-refractivity contribution in [3.05, 3.63) is 76.7 Å². The highest BCUT2D eigenvalue weighted by molar-refractivity contribution is 6.04. The van der Waals surface area contributed by atoms with E-state index in [1.54, 1.807) is 40.0 Å². The largest absolute Gasteiger partial charge is 0.416 e. The molecule has 0 atom stereocenters. The number of hydrogen-bond acceptors (Lipinski definition) is 5. The Balaban J connectivity index is 1.39. The number of hydrogen-bond donors (Lipinski definition) is 1. The first-order valence-electron chi connectivity index (χ1n) is 12.9. The molecule has 0 unspecified atom stereocenters. The molecule has 3 heterocycles. The van der Waals surface area contributed by atoms with Crippen LogP contribution in [0.25, 0.3) is 16.9 Å². The van der Waals surface area contributed by atoms with Gasteiger partial charge in [0.05, 0.1) is 23.6 Å². The number of amides is 1. The van der Waals surface area contributed by atoms with Crippen LogP contribution in [0.4, 0.5) is 23.2 Å². The number of alkyl halides is 4. The van der Waals surface area contributed by atoms with Crippen molar-refractivity contribution in [1.82, 2.24) is 29.7 Å². The van der Waals surface area contributed by atoms with Gasteiger partial charge in [-0.2, -0.15) is 18.3 Å². The lowest BCUT2D eigenvalue weighted by molar-refractivity contribution is -0.137. The van der Waals surface area contributed by atoms with E-state index in [-0.39, 0.29) is 17.8 Å². The molecule has 12 heteroatoms. The lowest BCUT2D eigenvalue weighted by atomic mass is 10.0. The number of nitrogens with one attached hydrogen (secondary N) is 1. The summed E-state index contributed by atoms with van der Waals surface area (Å²) in [6.07, 6.45) is -1.32. The molecule has 1 fully saturated rings. The number of anilines is 1. The quantitative estimate of drug-likeness (QED) is 0.318. The summed E-state index contributed by atoms with van der Waals surface area (Å²) in [5.74, 6) is -0.562. The van der Waals surface area contributed by atoms with Gasteiger partial charge in [0.1, 0.15) is 11.9 Å². The van der Waals surface area contributed by atoms with Crippen LogP contribution in [0.5, 0.6) is 0 Å². The Kier molecular flexibility index (Phi) is 7.45. The third kappa shape index (κ3) is 5.91. The van der Waals surface area contributed by atoms with Crippen LogP contribution in [0.15, 0.2) is 48.8 Å². The molecule has 0 saturated carbocycles. The van der Waals surface area contributed by atoms with Crippen molar-refractivity contribution in [3.63, 3.8) is 0 Å². The van der Waals surface area contributed by atoms with Crippen LogP contribution in [0.3, 0.4) is 0 Å². The topological polar surface area (TPSA) is 80.9 Å². The number of carbonyl (C=O) groups is 1. The second-order valence-electron chi connectivity index (χ2n) is 10.1. The van der Waals surface area contributed by atoms with Gasteiger partial charge in [0.15, 0.2) is 0 Å². The summed E-state index contributed by atoms with van der Waals surface area (Å²) in [7, 11) is 1.83. The van der Waals surface area contributed by atoms with Crippen molar-refractivity contribution in [2.75, 3.05) is 18.4 Å². The number of aryl methyl sites for hydroxylation is 2. The highest BCUT2D eigenvalue weighted by Crippen LogP contribution is 2.33. The van der Waals surface area contributed by atoms with Crippen molar-refractivity contribution < 1.29 is 22.4 Å². The summed E-state index contributed by atoms with van der Waals surface area (Å²) in [6, 6.07) is 8.50. The van der Waals surface area contributed by atoms with Crippen molar-refractivity contribution in [1.29, 1.82) is 0 Å². The summed E-state index contributed by atoms with van der Waals surface area (Å²) in [6.45, 7) is 4.95. The minimum Gasteiger partial charge on any atom is -0.322 e. The van der Waals surface area contributed by atoms with Crippen LogP contribution < -0.4 is 5.32 Å². The van der Waals surface area contributed by atoms with E-state index in [2.05, 4.69) is 20.7 Å². The predicted octanol–water partition coefficient (Wildman–Crippen LogP) is 5.49. The van der Waals surface area contributed by atoms with E-state index in [9.17, 15) is 22.4 Å². The Morgan fingerprint density at radius 1 is 1.10 bits per heavy atom. The molecule has 5 rings (SSSR count). The molecule has 0 aliphatic carbocycles. The minimum absolute atomic E-state index is 0.0347. The average Bonchev–Trinajstić information content (AvgIpc) is 3.51. The third-order valence-electron chi connectivity index (χ3n) is 7.22. The molecule has 1 N–H and O–H groups in total. The molecule has 0 bridgehead atoms. The van der Waals surface area contributed by atoms with Crippen molar-refractivity contribution >= 4 is 11.6 Å². The van der Waals surface area contributed by atoms with Crippen molar-refractivity contribution in [3.8, 4) is 16.9 Å². The minimum atomic E-state index is -4.59. The van der Waals surface area contributed by atoms with Gasteiger partial charge in [-0.3, -0.25) is 14.4 Å². The molecular formula is C28H29F4N7O. The maximum Gasteiger partial charge on any atom is 0.416 e. The molecule has 2 aromatic carbocycles. The molecule has 40 heavy (non-hydrogen) atoms. The van der Waals surface area contributed by atoms with E-state index >= 15 is 0 Å². The van der Waals surface area contributed by atoms with Gasteiger partial charge < -0.3 is 5.32 Å². The molecule has 1 saturated heterocycles. The highest BCUT2D eigenvalue weighted by atomic mass is 19.4. The van der Waals surface area contributed by atoms with E-state index in [1.807, 2.05) is 25.8 Å². The molecule has 1 amide bonds. The zero-order valence-corrected chi connectivity index (χ0v) is 22.3. The average molecular weight is 556 g/mol. The van der Waals surface area contributed by atoms with E-state index in [0.29, 0.717) is 42.9 Å². The van der Waals surface area contributed by atoms with Crippen molar-refractivity contribution in [2.45, 2.75) is 45.6 Å². The molecular weight excluding hydrogens is 526 g/mol. The number of rotatable bonds is 6. The van der Waals surface area contributed by atoms with Gasteiger partial charge in [0.2, 0.25) is 0 Å². The molecule has 2 aromatic heterocycles. The maximum absolute atomic E-state index is 13.7. The van der Waals surface area contributed by atoms with Crippen molar-refractivity contribution in [2.24, 2.45) is 7.05 Å².